The van der Waals surface area contributed by atoms with E-state index >= 15 is 0 Å². The van der Waals surface area contributed by atoms with Gasteiger partial charge in [-0.15, -0.1) is 0 Å². The van der Waals surface area contributed by atoms with Crippen molar-refractivity contribution in [2.75, 3.05) is 31.1 Å². The molecule has 1 fully saturated rings. The van der Waals surface area contributed by atoms with E-state index < -0.39 is 10.0 Å². The summed E-state index contributed by atoms with van der Waals surface area (Å²) in [6.45, 7) is 4.46. The van der Waals surface area contributed by atoms with Gasteiger partial charge in [0.2, 0.25) is 15.9 Å². The summed E-state index contributed by atoms with van der Waals surface area (Å²) >= 11 is 0. The Morgan fingerprint density at radius 3 is 2.65 bits per heavy atom. The van der Waals surface area contributed by atoms with Crippen molar-refractivity contribution in [3.63, 3.8) is 0 Å². The standard InChI is InChI=1S/C24H31N3O3S/c1-19-17-20-9-5-6-13-23(20)27(19)16-8-14-25-24(28)21-10-7-15-26(18-21)31(29,30)22-11-3-2-4-12-22/h2-6,9,11-13,19,21H,7-8,10,14-18H2,1H3,(H,25,28). The number of rotatable bonds is 7. The highest BCUT2D eigenvalue weighted by atomic mass is 32.2. The fourth-order valence-corrected chi connectivity index (χ4v) is 6.24. The Morgan fingerprint density at radius 2 is 1.84 bits per heavy atom. The second kappa shape index (κ2) is 9.40. The summed E-state index contributed by atoms with van der Waals surface area (Å²) in [6.07, 6.45) is 3.36. The van der Waals surface area contributed by atoms with Crippen molar-refractivity contribution in [2.45, 2.75) is 43.5 Å². The number of nitrogens with one attached hydrogen (secondary N) is 1. The molecule has 2 aliphatic heterocycles. The lowest BCUT2D eigenvalue weighted by Crippen LogP contribution is -2.45. The molecule has 1 N–H and O–H groups in total. The average molecular weight is 442 g/mol. The molecule has 0 saturated carbocycles. The van der Waals surface area contributed by atoms with Crippen LogP contribution in [-0.2, 0) is 21.2 Å². The van der Waals surface area contributed by atoms with Crippen molar-refractivity contribution >= 4 is 21.6 Å². The molecule has 0 aromatic heterocycles. The first-order chi connectivity index (χ1) is 15.0. The fourth-order valence-electron chi connectivity index (χ4n) is 4.69. The van der Waals surface area contributed by atoms with Crippen molar-refractivity contribution in [2.24, 2.45) is 5.92 Å². The van der Waals surface area contributed by atoms with Crippen LogP contribution in [0.15, 0.2) is 59.5 Å². The maximum Gasteiger partial charge on any atom is 0.243 e. The second-order valence-corrected chi connectivity index (χ2v) is 10.5. The highest BCUT2D eigenvalue weighted by Crippen LogP contribution is 2.31. The molecule has 1 saturated heterocycles. The summed E-state index contributed by atoms with van der Waals surface area (Å²) in [5, 5.41) is 3.04. The minimum absolute atomic E-state index is 0.0390. The Bertz CT molecular complexity index is 1010. The summed E-state index contributed by atoms with van der Waals surface area (Å²) in [5.41, 5.74) is 2.69. The molecule has 6 nitrogen and oxygen atoms in total. The van der Waals surface area contributed by atoms with Crippen molar-refractivity contribution in [1.29, 1.82) is 0 Å². The van der Waals surface area contributed by atoms with Crippen LogP contribution in [0.3, 0.4) is 0 Å². The third-order valence-electron chi connectivity index (χ3n) is 6.36. The van der Waals surface area contributed by atoms with Gasteiger partial charge in [0.15, 0.2) is 0 Å². The van der Waals surface area contributed by atoms with Crippen LogP contribution in [0, 0.1) is 5.92 Å². The molecule has 0 aliphatic carbocycles. The summed E-state index contributed by atoms with van der Waals surface area (Å²) in [7, 11) is -3.55. The molecule has 0 bridgehead atoms. The van der Waals surface area contributed by atoms with E-state index in [0.29, 0.717) is 25.6 Å². The fraction of sp³-hybridized carbons (Fsp3) is 0.458. The Balaban J connectivity index is 1.27. The van der Waals surface area contributed by atoms with Gasteiger partial charge in [-0.3, -0.25) is 4.79 Å². The topological polar surface area (TPSA) is 69.7 Å². The average Bonchev–Trinajstić information content (AvgIpc) is 3.12. The van der Waals surface area contributed by atoms with Crippen molar-refractivity contribution < 1.29 is 13.2 Å². The third-order valence-corrected chi connectivity index (χ3v) is 8.24. The smallest absolute Gasteiger partial charge is 0.243 e. The Hall–Kier alpha value is -2.38. The normalized spacial score (nSPS) is 21.6. The second-order valence-electron chi connectivity index (χ2n) is 8.54. The molecule has 2 atom stereocenters. The van der Waals surface area contributed by atoms with Gasteiger partial charge in [-0.25, -0.2) is 8.42 Å². The molecular weight excluding hydrogens is 410 g/mol. The zero-order valence-electron chi connectivity index (χ0n) is 18.0. The minimum Gasteiger partial charge on any atom is -0.368 e. The van der Waals surface area contributed by atoms with Gasteiger partial charge in [0.1, 0.15) is 0 Å². The molecule has 4 rings (SSSR count). The van der Waals surface area contributed by atoms with Crippen LogP contribution in [0.1, 0.15) is 31.7 Å². The van der Waals surface area contributed by atoms with Crippen molar-refractivity contribution in [3.05, 3.63) is 60.2 Å². The van der Waals surface area contributed by atoms with Gasteiger partial charge in [0.05, 0.1) is 10.8 Å². The van der Waals surface area contributed by atoms with E-state index in [9.17, 15) is 13.2 Å². The lowest BCUT2D eigenvalue weighted by Gasteiger charge is -2.31. The molecule has 2 aromatic rings. The van der Waals surface area contributed by atoms with Gasteiger partial charge >= 0.3 is 0 Å². The number of hydrogen-bond acceptors (Lipinski definition) is 4. The van der Waals surface area contributed by atoms with E-state index in [1.54, 1.807) is 30.3 Å². The number of sulfonamides is 1. The number of nitrogens with zero attached hydrogens (tertiary/aromatic N) is 2. The van der Waals surface area contributed by atoms with Gasteiger partial charge in [-0.05, 0) is 56.4 Å². The number of anilines is 1. The number of amides is 1. The first-order valence-corrected chi connectivity index (χ1v) is 12.6. The number of hydrogen-bond donors (Lipinski definition) is 1. The molecule has 1 amide bonds. The van der Waals surface area contributed by atoms with Crippen LogP contribution in [0.2, 0.25) is 0 Å². The lowest BCUT2D eigenvalue weighted by atomic mass is 9.99. The number of carbonyl (C=O) groups excluding carboxylic acids is 1. The molecule has 2 aliphatic rings. The third kappa shape index (κ3) is 4.77. The van der Waals surface area contributed by atoms with Crippen molar-refractivity contribution in [1.82, 2.24) is 9.62 Å². The van der Waals surface area contributed by atoms with E-state index in [0.717, 1.165) is 25.8 Å². The van der Waals surface area contributed by atoms with Crippen LogP contribution in [0.25, 0.3) is 0 Å². The van der Waals surface area contributed by atoms with Crippen LogP contribution in [0.4, 0.5) is 5.69 Å². The van der Waals surface area contributed by atoms with Gasteiger partial charge in [0, 0.05) is 37.9 Å². The number of benzene rings is 2. The largest absolute Gasteiger partial charge is 0.368 e. The van der Waals surface area contributed by atoms with Gasteiger partial charge in [0.25, 0.3) is 0 Å². The van der Waals surface area contributed by atoms with Crippen LogP contribution in [0.5, 0.6) is 0 Å². The lowest BCUT2D eigenvalue weighted by molar-refractivity contribution is -0.126. The molecule has 0 radical (unpaired) electrons. The SMILES string of the molecule is CC1Cc2ccccc2N1CCCNC(=O)C1CCCN(S(=O)(=O)c2ccccc2)C1. The van der Waals surface area contributed by atoms with Gasteiger partial charge in [-0.2, -0.15) is 4.31 Å². The molecule has 0 spiro atoms. The van der Waals surface area contributed by atoms with Crippen LogP contribution >= 0.6 is 0 Å². The molecular formula is C24H31N3O3S. The minimum atomic E-state index is -3.55. The summed E-state index contributed by atoms with van der Waals surface area (Å²) < 4.78 is 27.2. The Kier molecular flexibility index (Phi) is 6.62. The maximum absolute atomic E-state index is 12.9. The molecule has 166 valence electrons. The Labute approximate surface area is 185 Å². The van der Waals surface area contributed by atoms with E-state index in [4.69, 9.17) is 0 Å². The van der Waals surface area contributed by atoms with E-state index in [2.05, 4.69) is 41.4 Å². The molecule has 2 unspecified atom stereocenters. The van der Waals surface area contributed by atoms with Gasteiger partial charge in [-0.1, -0.05) is 36.4 Å². The monoisotopic (exact) mass is 441 g/mol. The quantitative estimate of drug-likeness (QED) is 0.671. The number of carbonyl (C=O) groups is 1. The van der Waals surface area contributed by atoms with E-state index in [1.807, 2.05) is 0 Å². The zero-order chi connectivity index (χ0) is 21.8. The number of fused-ring (bicyclic) bond motifs is 1. The maximum atomic E-state index is 12.9. The summed E-state index contributed by atoms with van der Waals surface area (Å²) in [4.78, 5) is 15.4. The number of para-hydroxylation sites is 1. The molecule has 31 heavy (non-hydrogen) atoms. The van der Waals surface area contributed by atoms with Crippen molar-refractivity contribution in [3.8, 4) is 0 Å². The highest BCUT2D eigenvalue weighted by Gasteiger charge is 2.33. The first kappa shape index (κ1) is 21.8. The number of piperidine rings is 1. The predicted molar refractivity (Wildman–Crippen MR) is 123 cm³/mol. The van der Waals surface area contributed by atoms with Crippen LogP contribution in [-0.4, -0.2) is 50.9 Å². The summed E-state index contributed by atoms with van der Waals surface area (Å²) in [5.74, 6) is -0.332. The van der Waals surface area contributed by atoms with E-state index in [-0.39, 0.29) is 23.3 Å². The molecule has 2 aromatic carbocycles. The molecule has 7 heteroatoms. The summed E-state index contributed by atoms with van der Waals surface area (Å²) in [6, 6.07) is 17.4. The van der Waals surface area contributed by atoms with Gasteiger partial charge < -0.3 is 10.2 Å². The zero-order valence-corrected chi connectivity index (χ0v) is 18.9. The Morgan fingerprint density at radius 1 is 1.10 bits per heavy atom. The highest BCUT2D eigenvalue weighted by molar-refractivity contribution is 7.89. The van der Waals surface area contributed by atoms with Crippen LogP contribution < -0.4 is 10.2 Å². The first-order valence-electron chi connectivity index (χ1n) is 11.1. The molecule has 2 heterocycles. The van der Waals surface area contributed by atoms with E-state index in [1.165, 1.54) is 15.6 Å². The predicted octanol–water partition coefficient (Wildman–Crippen LogP) is 3.04.